The lowest BCUT2D eigenvalue weighted by molar-refractivity contribution is 0.736. The third-order valence-electron chi connectivity index (χ3n) is 2.29. The highest BCUT2D eigenvalue weighted by Gasteiger charge is 2.00. The molecule has 0 amide bonds. The minimum atomic E-state index is 0.458. The summed E-state index contributed by atoms with van der Waals surface area (Å²) in [6, 6.07) is 7.34. The lowest BCUT2D eigenvalue weighted by atomic mass is 10.3. The fourth-order valence-electron chi connectivity index (χ4n) is 1.50. The van der Waals surface area contributed by atoms with Crippen molar-refractivity contribution in [2.75, 3.05) is 0 Å². The molecule has 2 aromatic heterocycles. The SMILES string of the molecule is N#C/N=c1\c(Br)cccn1Cc1ccc(Cl)nc1. The third-order valence-corrected chi connectivity index (χ3v) is 3.13. The van der Waals surface area contributed by atoms with Gasteiger partial charge in [-0.05, 0) is 39.7 Å². The summed E-state index contributed by atoms with van der Waals surface area (Å²) in [6.07, 6.45) is 5.36. The predicted molar refractivity (Wildman–Crippen MR) is 71.7 cm³/mol. The molecule has 2 aromatic rings. The largest absolute Gasteiger partial charge is 0.327 e. The second kappa shape index (κ2) is 5.80. The Balaban J connectivity index is 2.41. The van der Waals surface area contributed by atoms with Gasteiger partial charge in [0.1, 0.15) is 5.15 Å². The van der Waals surface area contributed by atoms with E-state index in [1.54, 1.807) is 18.5 Å². The number of hydrogen-bond donors (Lipinski definition) is 0. The zero-order chi connectivity index (χ0) is 13.0. The van der Waals surface area contributed by atoms with Crippen LogP contribution in [0.1, 0.15) is 5.56 Å². The second-order valence-electron chi connectivity index (χ2n) is 3.51. The van der Waals surface area contributed by atoms with Crippen LogP contribution in [0.4, 0.5) is 0 Å². The Morgan fingerprint density at radius 1 is 1.44 bits per heavy atom. The summed E-state index contributed by atoms with van der Waals surface area (Å²) in [5.41, 5.74) is 1.56. The summed E-state index contributed by atoms with van der Waals surface area (Å²) in [5, 5.41) is 9.15. The summed E-state index contributed by atoms with van der Waals surface area (Å²) >= 11 is 9.10. The van der Waals surface area contributed by atoms with Crippen LogP contribution in [0.3, 0.4) is 0 Å². The van der Waals surface area contributed by atoms with E-state index in [4.69, 9.17) is 16.9 Å². The highest BCUT2D eigenvalue weighted by Crippen LogP contribution is 2.07. The van der Waals surface area contributed by atoms with Crippen LogP contribution in [-0.4, -0.2) is 9.55 Å². The van der Waals surface area contributed by atoms with Crippen LogP contribution in [-0.2, 0) is 6.54 Å². The molecule has 0 unspecified atom stereocenters. The van der Waals surface area contributed by atoms with Crippen molar-refractivity contribution >= 4 is 27.5 Å². The van der Waals surface area contributed by atoms with Gasteiger partial charge in [-0.1, -0.05) is 17.7 Å². The molecule has 0 saturated heterocycles. The van der Waals surface area contributed by atoms with Gasteiger partial charge in [0.15, 0.2) is 5.49 Å². The minimum absolute atomic E-state index is 0.458. The summed E-state index contributed by atoms with van der Waals surface area (Å²) in [5.74, 6) is 0. The van der Waals surface area contributed by atoms with Gasteiger partial charge in [-0.3, -0.25) is 0 Å². The number of pyridine rings is 2. The fourth-order valence-corrected chi connectivity index (χ4v) is 2.08. The van der Waals surface area contributed by atoms with Gasteiger partial charge in [-0.25, -0.2) is 4.98 Å². The van der Waals surface area contributed by atoms with Crippen LogP contribution in [0, 0.1) is 11.5 Å². The number of rotatable bonds is 2. The zero-order valence-electron chi connectivity index (χ0n) is 9.22. The average molecular weight is 324 g/mol. The Bertz CT molecular complexity index is 655. The van der Waals surface area contributed by atoms with Gasteiger partial charge in [-0.15, -0.1) is 0 Å². The van der Waals surface area contributed by atoms with Gasteiger partial charge in [0.25, 0.3) is 0 Å². The molecule has 0 aromatic carbocycles. The Hall–Kier alpha value is -1.64. The molecular weight excluding hydrogens is 316 g/mol. The quantitative estimate of drug-likeness (QED) is 0.630. The van der Waals surface area contributed by atoms with E-state index in [1.165, 1.54) is 0 Å². The molecule has 0 atom stereocenters. The van der Waals surface area contributed by atoms with Crippen molar-refractivity contribution in [3.8, 4) is 6.19 Å². The van der Waals surface area contributed by atoms with E-state index in [0.29, 0.717) is 17.2 Å². The van der Waals surface area contributed by atoms with Gasteiger partial charge >= 0.3 is 0 Å². The Kier molecular flexibility index (Phi) is 4.13. The van der Waals surface area contributed by atoms with Crippen LogP contribution in [0.15, 0.2) is 46.1 Å². The summed E-state index contributed by atoms with van der Waals surface area (Å²) < 4.78 is 2.63. The summed E-state index contributed by atoms with van der Waals surface area (Å²) in [7, 11) is 0. The first-order valence-electron chi connectivity index (χ1n) is 5.09. The van der Waals surface area contributed by atoms with E-state index in [1.807, 2.05) is 29.0 Å². The van der Waals surface area contributed by atoms with Crippen molar-refractivity contribution in [2.24, 2.45) is 4.99 Å². The van der Waals surface area contributed by atoms with Gasteiger partial charge in [0, 0.05) is 12.4 Å². The van der Waals surface area contributed by atoms with Crippen molar-refractivity contribution in [2.45, 2.75) is 6.54 Å². The highest BCUT2D eigenvalue weighted by molar-refractivity contribution is 9.10. The summed E-state index contributed by atoms with van der Waals surface area (Å²) in [4.78, 5) is 7.81. The van der Waals surface area contributed by atoms with Gasteiger partial charge < -0.3 is 4.57 Å². The molecule has 4 nitrogen and oxygen atoms in total. The molecule has 0 bridgehead atoms. The monoisotopic (exact) mass is 322 g/mol. The molecule has 2 heterocycles. The Morgan fingerprint density at radius 2 is 2.28 bits per heavy atom. The molecule has 0 aliphatic heterocycles. The lowest BCUT2D eigenvalue weighted by Crippen LogP contribution is -2.21. The maximum atomic E-state index is 8.69. The second-order valence-corrected chi connectivity index (χ2v) is 4.75. The third kappa shape index (κ3) is 2.97. The van der Waals surface area contributed by atoms with E-state index in [0.717, 1.165) is 10.0 Å². The maximum absolute atomic E-state index is 8.69. The van der Waals surface area contributed by atoms with Gasteiger partial charge in [0.05, 0.1) is 11.0 Å². The van der Waals surface area contributed by atoms with E-state index in [-0.39, 0.29) is 0 Å². The van der Waals surface area contributed by atoms with Crippen LogP contribution in [0.25, 0.3) is 0 Å². The van der Waals surface area contributed by atoms with E-state index in [9.17, 15) is 0 Å². The first-order valence-corrected chi connectivity index (χ1v) is 6.26. The van der Waals surface area contributed by atoms with E-state index >= 15 is 0 Å². The number of halogens is 2. The van der Waals surface area contributed by atoms with Crippen molar-refractivity contribution < 1.29 is 0 Å². The lowest BCUT2D eigenvalue weighted by Gasteiger charge is -2.07. The van der Waals surface area contributed by atoms with Gasteiger partial charge in [0.2, 0.25) is 6.19 Å². The van der Waals surface area contributed by atoms with Crippen molar-refractivity contribution in [3.63, 3.8) is 0 Å². The molecule has 0 aliphatic carbocycles. The Morgan fingerprint density at radius 3 is 2.94 bits per heavy atom. The topological polar surface area (TPSA) is 54.0 Å². The molecule has 0 fully saturated rings. The van der Waals surface area contributed by atoms with Gasteiger partial charge in [-0.2, -0.15) is 10.3 Å². The average Bonchev–Trinajstić information content (AvgIpc) is 2.36. The van der Waals surface area contributed by atoms with Crippen LogP contribution in [0.5, 0.6) is 0 Å². The Labute approximate surface area is 117 Å². The van der Waals surface area contributed by atoms with Crippen LogP contribution >= 0.6 is 27.5 Å². The standard InChI is InChI=1S/C12H8BrClN4/c13-10-2-1-5-18(12(10)17-8-15)7-9-3-4-11(14)16-6-9/h1-6H,7H2/b17-12+. The molecule has 0 radical (unpaired) electrons. The van der Waals surface area contributed by atoms with Crippen molar-refractivity contribution in [1.82, 2.24) is 9.55 Å². The molecular formula is C12H8BrClN4. The molecule has 0 aliphatic rings. The van der Waals surface area contributed by atoms with Crippen molar-refractivity contribution in [1.29, 1.82) is 5.26 Å². The molecule has 6 heteroatoms. The maximum Gasteiger partial charge on any atom is 0.207 e. The molecule has 18 heavy (non-hydrogen) atoms. The van der Waals surface area contributed by atoms with E-state index in [2.05, 4.69) is 25.9 Å². The smallest absolute Gasteiger partial charge is 0.207 e. The van der Waals surface area contributed by atoms with Crippen LogP contribution in [0.2, 0.25) is 5.15 Å². The fraction of sp³-hybridized carbons (Fsp3) is 0.0833. The number of nitrogens with zero attached hydrogens (tertiary/aromatic N) is 4. The van der Waals surface area contributed by atoms with Crippen LogP contribution < -0.4 is 5.49 Å². The molecule has 0 saturated carbocycles. The van der Waals surface area contributed by atoms with E-state index < -0.39 is 0 Å². The number of nitriles is 1. The highest BCUT2D eigenvalue weighted by atomic mass is 79.9. The molecule has 0 spiro atoms. The summed E-state index contributed by atoms with van der Waals surface area (Å²) in [6.45, 7) is 0.574. The number of aromatic nitrogens is 2. The molecule has 90 valence electrons. The zero-order valence-corrected chi connectivity index (χ0v) is 11.6. The number of hydrogen-bond acceptors (Lipinski definition) is 3. The molecule has 0 N–H and O–H groups in total. The predicted octanol–water partition coefficient (Wildman–Crippen LogP) is 2.73. The minimum Gasteiger partial charge on any atom is -0.327 e. The molecule has 2 rings (SSSR count). The van der Waals surface area contributed by atoms with Crippen molar-refractivity contribution in [3.05, 3.63) is 57.3 Å². The normalized spacial score (nSPS) is 11.3. The first kappa shape index (κ1) is 12.8. The first-order chi connectivity index (χ1) is 8.70.